The van der Waals surface area contributed by atoms with Crippen LogP contribution in [0.15, 0.2) is 33.4 Å². The van der Waals surface area contributed by atoms with Crippen LogP contribution in [0.1, 0.15) is 18.7 Å². The summed E-state index contributed by atoms with van der Waals surface area (Å²) in [6.45, 7) is -2.98. The molecule has 6 aromatic rings. The highest BCUT2D eigenvalue weighted by Crippen LogP contribution is 2.68. The minimum atomic E-state index is -6.23. The summed E-state index contributed by atoms with van der Waals surface area (Å²) >= 11 is 0. The van der Waals surface area contributed by atoms with Gasteiger partial charge in [0.15, 0.2) is 34.8 Å². The van der Waals surface area contributed by atoms with E-state index in [4.69, 9.17) is 59.0 Å². The van der Waals surface area contributed by atoms with Crippen molar-refractivity contribution in [2.45, 2.75) is 67.5 Å². The number of likely N-dealkylation sites (N-methyl/N-ethyl adjacent to an activating group) is 1. The molecule has 0 spiro atoms. The number of phosphoric acid groups is 4. The summed E-state index contributed by atoms with van der Waals surface area (Å²) in [7, 11) is -17.5. The number of methoxy groups -OCH3 is 1. The van der Waals surface area contributed by atoms with Gasteiger partial charge in [0.05, 0.1) is 58.8 Å². The molecule has 3 fully saturated rings. The molecule has 0 radical (unpaired) electrons. The number of nitrogens with two attached hydrogens (primary N) is 3. The Bertz CT molecular complexity index is 3730. The molecule has 6 aromatic heterocycles. The van der Waals surface area contributed by atoms with Gasteiger partial charge in [-0.25, -0.2) is 32.8 Å². The first-order chi connectivity index (χ1) is 38.5. The molecule has 3 aliphatic rings. The standard InChI is InChI=1S/C37H54N16O25P4/c1-49(2)5-6-69-7-14-15(73-32(21(14)54)53-13-50(3)20-28(53)45-37(40)48-31(20)59)8-71-80(62,63)77-82(66,67)78-81(64,65)72-10-17-24(25(68-4)34(75-17)52-12-42-19-27(52)44-36(39)47-30(19)58)76-79(60,61)70-9-16-22(55)23(56)33(74-16)51-11-41-18-26(51)43-35(38)46-29(18)57/h11-17,21-25,32-34,54-56H,5-10H2,1-4H3,(H12-,38,39,40,43,44,45,46,47,48,57,58,59,60,61,62,63,64,65,66,67)/p+1/t14-,15-,16-,17-,21-,22-,23-,24-,25-,32?,33-,34-/m1/s1. The van der Waals surface area contributed by atoms with Gasteiger partial charge in [-0.05, 0) is 14.1 Å². The van der Waals surface area contributed by atoms with Gasteiger partial charge in [-0.2, -0.15) is 28.1 Å². The van der Waals surface area contributed by atoms with Gasteiger partial charge >= 0.3 is 36.9 Å². The zero-order valence-electron chi connectivity index (χ0n) is 42.9. The molecule has 82 heavy (non-hydrogen) atoms. The van der Waals surface area contributed by atoms with E-state index in [-0.39, 0.29) is 58.6 Å². The summed E-state index contributed by atoms with van der Waals surface area (Å²) in [5, 5.41) is 33.3. The van der Waals surface area contributed by atoms with Crippen molar-refractivity contribution in [3.8, 4) is 0 Å². The van der Waals surface area contributed by atoms with E-state index in [0.717, 1.165) is 28.9 Å². The van der Waals surface area contributed by atoms with Crippen LogP contribution in [-0.4, -0.2) is 203 Å². The number of H-pyrrole nitrogens is 3. The Morgan fingerprint density at radius 1 is 0.634 bits per heavy atom. The van der Waals surface area contributed by atoms with E-state index in [9.17, 15) is 67.5 Å². The van der Waals surface area contributed by atoms with Crippen molar-refractivity contribution in [1.29, 1.82) is 0 Å². The highest BCUT2D eigenvalue weighted by atomic mass is 31.3. The smallest absolute Gasteiger partial charge is 0.387 e. The molecule has 452 valence electrons. The zero-order chi connectivity index (χ0) is 59.5. The number of fused-ring (bicyclic) bond motifs is 3. The highest BCUT2D eigenvalue weighted by molar-refractivity contribution is 7.66. The molecule has 41 nitrogen and oxygen atoms in total. The number of nitrogens with one attached hydrogen (secondary N) is 3. The van der Waals surface area contributed by atoms with Crippen molar-refractivity contribution in [3.05, 3.63) is 50.0 Å². The van der Waals surface area contributed by atoms with Crippen molar-refractivity contribution >= 4 is 82.6 Å². The molecular weight excluding hydrogens is 1190 g/mol. The van der Waals surface area contributed by atoms with Gasteiger partial charge < -0.3 is 80.7 Å². The molecule has 0 aliphatic carbocycles. The monoisotopic (exact) mass is 1250 g/mol. The molecule has 0 saturated carbocycles. The Morgan fingerprint density at radius 3 is 1.70 bits per heavy atom. The number of rotatable bonds is 24. The molecule has 16 N–H and O–H groups in total. The fraction of sp³-hybridized carbons (Fsp3) is 0.595. The van der Waals surface area contributed by atoms with Crippen molar-refractivity contribution in [3.63, 3.8) is 0 Å². The van der Waals surface area contributed by atoms with Crippen LogP contribution >= 0.6 is 31.3 Å². The number of hydrogen-bond acceptors (Lipinski definition) is 30. The van der Waals surface area contributed by atoms with Crippen LogP contribution in [0.2, 0.25) is 0 Å². The largest absolute Gasteiger partial charge is 0.490 e. The Kier molecular flexibility index (Phi) is 17.6. The highest BCUT2D eigenvalue weighted by Gasteiger charge is 2.54. The predicted molar refractivity (Wildman–Crippen MR) is 269 cm³/mol. The maximum atomic E-state index is 13.8. The number of aliphatic hydroxyl groups excluding tert-OH is 3. The lowest BCUT2D eigenvalue weighted by molar-refractivity contribution is -0.646. The molecule has 5 unspecified atom stereocenters. The van der Waals surface area contributed by atoms with E-state index in [1.165, 1.54) is 22.5 Å². The number of aliphatic hydroxyl groups is 3. The number of anilines is 3. The summed E-state index contributed by atoms with van der Waals surface area (Å²) in [5.41, 5.74) is 14.1. The number of nitrogens with zero attached hydrogens (tertiary/aromatic N) is 10. The third-order valence-corrected chi connectivity index (χ3v) is 18.0. The second-order valence-corrected chi connectivity index (χ2v) is 24.8. The Labute approximate surface area is 456 Å². The number of phosphoric ester groups is 3. The first kappa shape index (κ1) is 61.2. The van der Waals surface area contributed by atoms with Crippen molar-refractivity contribution in [2.75, 3.05) is 78.0 Å². The predicted octanol–water partition coefficient (Wildman–Crippen LogP) is -4.58. The van der Waals surface area contributed by atoms with Crippen LogP contribution in [0.5, 0.6) is 0 Å². The van der Waals surface area contributed by atoms with Crippen LogP contribution in [-0.2, 0) is 75.7 Å². The number of nitrogen functional groups attached to an aromatic ring is 3. The molecule has 0 amide bonds. The van der Waals surface area contributed by atoms with E-state index < -0.39 is 147 Å². The molecule has 9 rings (SSSR count). The first-order valence-electron chi connectivity index (χ1n) is 23.8. The molecule has 16 atom stereocenters. The van der Waals surface area contributed by atoms with Gasteiger partial charge in [-0.15, -0.1) is 0 Å². The Hall–Kier alpha value is -5.39. The summed E-state index contributed by atoms with van der Waals surface area (Å²) in [4.78, 5) is 110. The maximum absolute atomic E-state index is 13.8. The van der Waals surface area contributed by atoms with Gasteiger partial charge in [0, 0.05) is 19.6 Å². The van der Waals surface area contributed by atoms with Crippen molar-refractivity contribution in [2.24, 2.45) is 13.0 Å². The summed E-state index contributed by atoms with van der Waals surface area (Å²) in [6, 6.07) is 0. The van der Waals surface area contributed by atoms with E-state index >= 15 is 0 Å². The van der Waals surface area contributed by atoms with E-state index in [1.807, 2.05) is 0 Å². The average Bonchev–Trinajstić information content (AvgIpc) is 4.28. The maximum Gasteiger partial charge on any atom is 0.490 e. The second-order valence-electron chi connectivity index (χ2n) is 18.7. The minimum absolute atomic E-state index is 0.0269. The summed E-state index contributed by atoms with van der Waals surface area (Å²) < 4.78 is 117. The molecule has 0 aromatic carbocycles. The number of imidazole rings is 3. The molecule has 3 saturated heterocycles. The normalized spacial score (nSPS) is 29.0. The van der Waals surface area contributed by atoms with Crippen LogP contribution in [0.25, 0.3) is 33.5 Å². The molecule has 45 heteroatoms. The van der Waals surface area contributed by atoms with Crippen LogP contribution in [0, 0.1) is 5.92 Å². The molecular formula is C37H55N16O25P4+. The molecule has 0 bridgehead atoms. The number of ether oxygens (including phenoxy) is 5. The molecule has 9 heterocycles. The lowest BCUT2D eigenvalue weighted by Crippen LogP contribution is -2.38. The third kappa shape index (κ3) is 13.0. The van der Waals surface area contributed by atoms with Gasteiger partial charge in [0.2, 0.25) is 30.4 Å². The minimum Gasteiger partial charge on any atom is -0.387 e. The van der Waals surface area contributed by atoms with Crippen molar-refractivity contribution < 1.29 is 108 Å². The molecule has 3 aliphatic heterocycles. The van der Waals surface area contributed by atoms with Crippen molar-refractivity contribution in [1.82, 2.24) is 58.5 Å². The summed E-state index contributed by atoms with van der Waals surface area (Å²) in [5.74, 6) is -2.07. The first-order valence-corrected chi connectivity index (χ1v) is 29.8. The van der Waals surface area contributed by atoms with Crippen LogP contribution in [0.4, 0.5) is 17.8 Å². The quantitative estimate of drug-likeness (QED) is 0.0154. The zero-order valence-corrected chi connectivity index (χ0v) is 46.5. The van der Waals surface area contributed by atoms with Gasteiger partial charge in [0.1, 0.15) is 42.7 Å². The number of aryl methyl sites for hydroxylation is 1. The number of hydrogen-bond donors (Lipinski definition) is 13. The topological polar surface area (TPSA) is 574 Å². The lowest BCUT2D eigenvalue weighted by Gasteiger charge is -2.26. The van der Waals surface area contributed by atoms with E-state index in [0.29, 0.717) is 6.54 Å². The Morgan fingerprint density at radius 2 is 1.12 bits per heavy atom. The lowest BCUT2D eigenvalue weighted by atomic mass is 9.99. The second kappa shape index (κ2) is 23.6. The average molecular weight is 1250 g/mol. The van der Waals surface area contributed by atoms with Gasteiger partial charge in [-0.1, -0.05) is 0 Å². The van der Waals surface area contributed by atoms with Gasteiger partial charge in [-0.3, -0.25) is 56.6 Å². The number of aromatic amines is 3. The Balaban J connectivity index is 0.881. The fourth-order valence-electron chi connectivity index (χ4n) is 9.12. The summed E-state index contributed by atoms with van der Waals surface area (Å²) in [6.07, 6.45) is -14.7. The van der Waals surface area contributed by atoms with Crippen LogP contribution < -0.4 is 38.4 Å². The number of aromatic nitrogens is 12. The SMILES string of the molecule is CO[C@@H]1[C@H](OP(=O)(O)OC[C@H]2O[C@@H](n3cnc4c(=O)[nH]c(N)nc43)[C@H](O)[C@@H]2O)[C@@H](COP(=O)(O)OP(=O)(O)OP(=O)(O)OC[C@H]2OC(n3c[n+](C)c4c(=O)[nH]c(N)nc43)[C@H](O)[C@@H]2COCCN(C)C)O[C@H]1n1cnc2c(=O)[nH]c(N)nc21. The van der Waals surface area contributed by atoms with Crippen LogP contribution in [0.3, 0.4) is 0 Å². The van der Waals surface area contributed by atoms with Gasteiger partial charge in [0.25, 0.3) is 22.3 Å². The van der Waals surface area contributed by atoms with E-state index in [1.54, 1.807) is 19.0 Å². The van der Waals surface area contributed by atoms with E-state index in [2.05, 4.69) is 48.5 Å². The third-order valence-electron chi connectivity index (χ3n) is 12.8. The fourth-order valence-corrected chi connectivity index (χ4v) is 13.6.